The number of benzene rings is 3. The van der Waals surface area contributed by atoms with E-state index in [1.165, 1.54) is 4.90 Å². The van der Waals surface area contributed by atoms with E-state index in [1.54, 1.807) is 38.4 Å². The summed E-state index contributed by atoms with van der Waals surface area (Å²) in [6.45, 7) is 0.392. The van der Waals surface area contributed by atoms with Crippen LogP contribution in [-0.4, -0.2) is 46.2 Å². The Bertz CT molecular complexity index is 1160. The Balaban J connectivity index is 1.68. The first-order valence-corrected chi connectivity index (χ1v) is 12.2. The van der Waals surface area contributed by atoms with Crippen molar-refractivity contribution in [2.75, 3.05) is 31.3 Å². The number of amides is 1. The number of sulfonamides is 1. The molecule has 0 aromatic heterocycles. The Labute approximate surface area is 195 Å². The molecule has 3 aromatic rings. The van der Waals surface area contributed by atoms with E-state index in [0.717, 1.165) is 21.7 Å². The molecule has 33 heavy (non-hydrogen) atoms. The van der Waals surface area contributed by atoms with Crippen LogP contribution in [0.1, 0.15) is 11.1 Å². The summed E-state index contributed by atoms with van der Waals surface area (Å²) in [6, 6.07) is 23.8. The molecule has 0 spiro atoms. The van der Waals surface area contributed by atoms with Crippen molar-refractivity contribution in [3.8, 4) is 11.5 Å². The maximum absolute atomic E-state index is 12.9. The maximum atomic E-state index is 12.9. The van der Waals surface area contributed by atoms with Crippen LogP contribution < -0.4 is 13.8 Å². The lowest BCUT2D eigenvalue weighted by Gasteiger charge is -2.25. The summed E-state index contributed by atoms with van der Waals surface area (Å²) >= 11 is 0. The highest BCUT2D eigenvalue weighted by atomic mass is 32.2. The molecule has 0 fully saturated rings. The van der Waals surface area contributed by atoms with Gasteiger partial charge in [-0.1, -0.05) is 48.5 Å². The summed E-state index contributed by atoms with van der Waals surface area (Å²) in [5.41, 5.74) is 2.26. The number of rotatable bonds is 10. The van der Waals surface area contributed by atoms with E-state index in [1.807, 2.05) is 54.6 Å². The minimum absolute atomic E-state index is 0.298. The number of nitrogens with zero attached hydrogens (tertiary/aromatic N) is 2. The fraction of sp³-hybridized carbons (Fsp3) is 0.240. The van der Waals surface area contributed by atoms with E-state index in [0.29, 0.717) is 30.3 Å². The molecule has 1 amide bonds. The summed E-state index contributed by atoms with van der Waals surface area (Å²) < 4.78 is 37.1. The second kappa shape index (κ2) is 10.9. The van der Waals surface area contributed by atoms with Crippen molar-refractivity contribution in [2.45, 2.75) is 13.2 Å². The molecule has 8 heteroatoms. The molecular weight excluding hydrogens is 440 g/mol. The molecule has 0 aliphatic carbocycles. The standard InChI is InChI=1S/C25H28N2O5S/c1-26(17-21-11-7-8-12-24(21)31-2)25(28)18-27(33(3,29)30)22-13-15-23(16-14-22)32-19-20-9-5-4-6-10-20/h4-16H,17-19H2,1-3H3. The van der Waals surface area contributed by atoms with Gasteiger partial charge in [-0.15, -0.1) is 0 Å². The average molecular weight is 469 g/mol. The van der Waals surface area contributed by atoms with Gasteiger partial charge in [-0.2, -0.15) is 0 Å². The van der Waals surface area contributed by atoms with Gasteiger partial charge in [0.15, 0.2) is 0 Å². The Morgan fingerprint density at radius 3 is 2.18 bits per heavy atom. The molecule has 0 atom stereocenters. The molecule has 0 aliphatic heterocycles. The van der Waals surface area contributed by atoms with E-state index < -0.39 is 10.0 Å². The summed E-state index contributed by atoms with van der Waals surface area (Å²) in [6.07, 6.45) is 1.08. The highest BCUT2D eigenvalue weighted by molar-refractivity contribution is 7.92. The van der Waals surface area contributed by atoms with Gasteiger partial charge in [-0.25, -0.2) is 8.42 Å². The monoisotopic (exact) mass is 468 g/mol. The summed E-state index contributed by atoms with van der Waals surface area (Å²) in [7, 11) is -0.477. The van der Waals surface area contributed by atoms with Gasteiger partial charge < -0.3 is 14.4 Å². The zero-order valence-electron chi connectivity index (χ0n) is 19.0. The first kappa shape index (κ1) is 24.1. The first-order chi connectivity index (χ1) is 15.8. The lowest BCUT2D eigenvalue weighted by atomic mass is 10.2. The Hall–Kier alpha value is -3.52. The van der Waals surface area contributed by atoms with Crippen molar-refractivity contribution < 1.29 is 22.7 Å². The van der Waals surface area contributed by atoms with Crippen LogP contribution in [0.15, 0.2) is 78.9 Å². The minimum atomic E-state index is -3.68. The van der Waals surface area contributed by atoms with E-state index in [4.69, 9.17) is 9.47 Å². The zero-order chi connectivity index (χ0) is 23.8. The largest absolute Gasteiger partial charge is 0.496 e. The molecule has 0 N–H and O–H groups in total. The van der Waals surface area contributed by atoms with Crippen LogP contribution in [0, 0.1) is 0 Å². The van der Waals surface area contributed by atoms with E-state index in [9.17, 15) is 13.2 Å². The molecule has 3 aromatic carbocycles. The average Bonchev–Trinajstić information content (AvgIpc) is 2.81. The van der Waals surface area contributed by atoms with Crippen molar-refractivity contribution >= 4 is 21.6 Å². The van der Waals surface area contributed by atoms with Crippen LogP contribution in [0.5, 0.6) is 11.5 Å². The number of likely N-dealkylation sites (N-methyl/N-ethyl adjacent to an activating group) is 1. The summed E-state index contributed by atoms with van der Waals surface area (Å²) in [4.78, 5) is 14.3. The van der Waals surface area contributed by atoms with E-state index in [2.05, 4.69) is 0 Å². The number of hydrogen-bond acceptors (Lipinski definition) is 5. The highest BCUT2D eigenvalue weighted by Crippen LogP contribution is 2.23. The van der Waals surface area contributed by atoms with Crippen LogP contribution in [0.4, 0.5) is 5.69 Å². The minimum Gasteiger partial charge on any atom is -0.496 e. The molecular formula is C25H28N2O5S. The van der Waals surface area contributed by atoms with Crippen molar-refractivity contribution in [2.24, 2.45) is 0 Å². The fourth-order valence-electron chi connectivity index (χ4n) is 3.27. The number of methoxy groups -OCH3 is 1. The predicted octanol–water partition coefficient (Wildman–Crippen LogP) is 3.70. The number of hydrogen-bond donors (Lipinski definition) is 0. The quantitative estimate of drug-likeness (QED) is 0.454. The highest BCUT2D eigenvalue weighted by Gasteiger charge is 2.23. The summed E-state index contributed by atoms with van der Waals surface area (Å²) in [5.74, 6) is 0.939. The number of anilines is 1. The van der Waals surface area contributed by atoms with E-state index >= 15 is 0 Å². The molecule has 0 saturated carbocycles. The van der Waals surface area contributed by atoms with Gasteiger partial charge in [0.25, 0.3) is 0 Å². The molecule has 0 aliphatic rings. The van der Waals surface area contributed by atoms with E-state index in [-0.39, 0.29) is 12.5 Å². The van der Waals surface area contributed by atoms with Crippen LogP contribution in [0.25, 0.3) is 0 Å². The number of para-hydroxylation sites is 1. The van der Waals surface area contributed by atoms with Gasteiger partial charge in [0.1, 0.15) is 24.7 Å². The molecule has 0 heterocycles. The third kappa shape index (κ3) is 6.73. The van der Waals surface area contributed by atoms with Crippen molar-refractivity contribution in [1.29, 1.82) is 0 Å². The van der Waals surface area contributed by atoms with Crippen LogP contribution in [0.2, 0.25) is 0 Å². The van der Waals surface area contributed by atoms with Gasteiger partial charge in [0, 0.05) is 19.2 Å². The van der Waals surface area contributed by atoms with Crippen LogP contribution in [-0.2, 0) is 28.0 Å². The van der Waals surface area contributed by atoms with Crippen molar-refractivity contribution in [1.82, 2.24) is 4.90 Å². The number of carbonyl (C=O) groups is 1. The van der Waals surface area contributed by atoms with Crippen LogP contribution >= 0.6 is 0 Å². The molecule has 0 bridgehead atoms. The first-order valence-electron chi connectivity index (χ1n) is 10.4. The van der Waals surface area contributed by atoms with Gasteiger partial charge in [0.2, 0.25) is 15.9 Å². The number of ether oxygens (including phenoxy) is 2. The zero-order valence-corrected chi connectivity index (χ0v) is 19.8. The molecule has 3 rings (SSSR count). The predicted molar refractivity (Wildman–Crippen MR) is 129 cm³/mol. The lowest BCUT2D eigenvalue weighted by molar-refractivity contribution is -0.128. The third-order valence-electron chi connectivity index (χ3n) is 5.08. The van der Waals surface area contributed by atoms with Crippen LogP contribution in [0.3, 0.4) is 0 Å². The number of carbonyl (C=O) groups excluding carboxylic acids is 1. The maximum Gasteiger partial charge on any atom is 0.243 e. The van der Waals surface area contributed by atoms with Gasteiger partial charge in [-0.05, 0) is 35.9 Å². The van der Waals surface area contributed by atoms with Crippen molar-refractivity contribution in [3.63, 3.8) is 0 Å². The van der Waals surface area contributed by atoms with Gasteiger partial charge in [-0.3, -0.25) is 9.10 Å². The molecule has 7 nitrogen and oxygen atoms in total. The molecule has 0 unspecified atom stereocenters. The Kier molecular flexibility index (Phi) is 7.95. The van der Waals surface area contributed by atoms with Gasteiger partial charge in [0.05, 0.1) is 19.1 Å². The van der Waals surface area contributed by atoms with Gasteiger partial charge >= 0.3 is 0 Å². The molecule has 174 valence electrons. The SMILES string of the molecule is COc1ccccc1CN(C)C(=O)CN(c1ccc(OCc2ccccc2)cc1)S(C)(=O)=O. The Morgan fingerprint density at radius 1 is 0.909 bits per heavy atom. The topological polar surface area (TPSA) is 76.2 Å². The second-order valence-corrected chi connectivity index (χ2v) is 9.51. The molecule has 0 radical (unpaired) electrons. The second-order valence-electron chi connectivity index (χ2n) is 7.60. The lowest BCUT2D eigenvalue weighted by Crippen LogP contribution is -2.41. The third-order valence-corrected chi connectivity index (χ3v) is 6.22. The molecule has 0 saturated heterocycles. The smallest absolute Gasteiger partial charge is 0.243 e. The Morgan fingerprint density at radius 2 is 1.55 bits per heavy atom. The van der Waals surface area contributed by atoms with Crippen molar-refractivity contribution in [3.05, 3.63) is 90.0 Å². The summed E-state index contributed by atoms with van der Waals surface area (Å²) in [5, 5.41) is 0. The fourth-order valence-corrected chi connectivity index (χ4v) is 4.12. The normalized spacial score (nSPS) is 11.0.